The molecule has 0 unspecified atom stereocenters. The molecule has 1 aromatic rings. The van der Waals surface area contributed by atoms with E-state index in [1.54, 1.807) is 0 Å². The van der Waals surface area contributed by atoms with Crippen molar-refractivity contribution in [2.45, 2.75) is 19.8 Å². The van der Waals surface area contributed by atoms with Gasteiger partial charge in [-0.25, -0.2) is 4.79 Å². The van der Waals surface area contributed by atoms with Gasteiger partial charge in [0, 0.05) is 6.07 Å². The average Bonchev–Trinajstić information content (AvgIpc) is 2.37. The second-order valence-electron chi connectivity index (χ2n) is 3.73. The van der Waals surface area contributed by atoms with Crippen LogP contribution in [0, 0.1) is 10.1 Å². The number of hydrogen-bond donors (Lipinski definition) is 0. The zero-order valence-electron chi connectivity index (χ0n) is 10.4. The third-order valence-corrected chi connectivity index (χ3v) is 2.54. The lowest BCUT2D eigenvalue weighted by Crippen LogP contribution is -2.15. The zero-order valence-corrected chi connectivity index (χ0v) is 11.2. The van der Waals surface area contributed by atoms with Crippen molar-refractivity contribution in [2.24, 2.45) is 0 Å². The summed E-state index contributed by atoms with van der Waals surface area (Å²) < 4.78 is 9.99. The molecule has 0 aliphatic heterocycles. The molecule has 0 aliphatic carbocycles. The van der Waals surface area contributed by atoms with Gasteiger partial charge in [-0.1, -0.05) is 24.9 Å². The molecule has 0 radical (unpaired) electrons. The van der Waals surface area contributed by atoms with Crippen LogP contribution in [0.4, 0.5) is 5.69 Å². The summed E-state index contributed by atoms with van der Waals surface area (Å²) in [6, 6.07) is 3.77. The van der Waals surface area contributed by atoms with Gasteiger partial charge in [0.2, 0.25) is 0 Å². The van der Waals surface area contributed by atoms with Crippen molar-refractivity contribution in [1.29, 1.82) is 0 Å². The summed E-state index contributed by atoms with van der Waals surface area (Å²) in [6.45, 7) is 1.99. The Hall–Kier alpha value is -1.82. The van der Waals surface area contributed by atoms with Crippen LogP contribution < -0.4 is 4.74 Å². The molecule has 0 fully saturated rings. The molecule has 104 valence electrons. The minimum atomic E-state index is -0.567. The zero-order chi connectivity index (χ0) is 14.3. The molecule has 7 heteroatoms. The van der Waals surface area contributed by atoms with Crippen LogP contribution in [0.1, 0.15) is 19.8 Å². The number of ether oxygens (including phenoxy) is 2. The summed E-state index contributed by atoms with van der Waals surface area (Å²) in [6.07, 6.45) is 1.70. The number of nitrogens with zero attached hydrogens (tertiary/aromatic N) is 1. The van der Waals surface area contributed by atoms with Gasteiger partial charge in [-0.2, -0.15) is 0 Å². The fourth-order valence-electron chi connectivity index (χ4n) is 1.22. The summed E-state index contributed by atoms with van der Waals surface area (Å²) in [4.78, 5) is 21.3. The molecule has 0 aliphatic rings. The second kappa shape index (κ2) is 7.58. The van der Waals surface area contributed by atoms with Crippen molar-refractivity contribution in [3.8, 4) is 5.75 Å². The molecule has 1 aromatic carbocycles. The summed E-state index contributed by atoms with van der Waals surface area (Å²) in [5.41, 5.74) is -0.154. The maximum Gasteiger partial charge on any atom is 0.344 e. The van der Waals surface area contributed by atoms with Gasteiger partial charge < -0.3 is 9.47 Å². The van der Waals surface area contributed by atoms with Gasteiger partial charge in [0.05, 0.1) is 22.6 Å². The second-order valence-corrected chi connectivity index (χ2v) is 4.14. The van der Waals surface area contributed by atoms with E-state index in [0.717, 1.165) is 12.8 Å². The van der Waals surface area contributed by atoms with E-state index in [-0.39, 0.29) is 23.1 Å². The number of non-ortho nitro benzene ring substituents is 1. The SMILES string of the molecule is CCCCOC(=O)COc1cc([N+](=O)[O-])ccc1Cl. The largest absolute Gasteiger partial charge is 0.480 e. The monoisotopic (exact) mass is 287 g/mol. The average molecular weight is 288 g/mol. The molecule has 1 rings (SSSR count). The van der Waals surface area contributed by atoms with E-state index in [4.69, 9.17) is 21.1 Å². The summed E-state index contributed by atoms with van der Waals surface area (Å²) in [5, 5.41) is 10.8. The van der Waals surface area contributed by atoms with Gasteiger partial charge in [0.25, 0.3) is 5.69 Å². The summed E-state index contributed by atoms with van der Waals surface area (Å²) in [7, 11) is 0. The van der Waals surface area contributed by atoms with Crippen LogP contribution in [-0.4, -0.2) is 24.1 Å². The standard InChI is InChI=1S/C12H14ClNO5/c1-2-3-6-18-12(15)8-19-11-7-9(14(16)17)4-5-10(11)13/h4-5,7H,2-3,6,8H2,1H3. The summed E-state index contributed by atoms with van der Waals surface area (Å²) >= 11 is 5.81. The molecule has 0 amide bonds. The van der Waals surface area contributed by atoms with E-state index in [0.29, 0.717) is 6.61 Å². The Morgan fingerprint density at radius 3 is 2.84 bits per heavy atom. The molecule has 0 saturated heterocycles. The van der Waals surface area contributed by atoms with Crippen molar-refractivity contribution >= 4 is 23.3 Å². The number of halogens is 1. The number of benzene rings is 1. The molecule has 0 atom stereocenters. The van der Waals surface area contributed by atoms with Crippen LogP contribution in [-0.2, 0) is 9.53 Å². The van der Waals surface area contributed by atoms with Crippen LogP contribution in [0.2, 0.25) is 5.02 Å². The third-order valence-electron chi connectivity index (χ3n) is 2.23. The number of esters is 1. The highest BCUT2D eigenvalue weighted by molar-refractivity contribution is 6.32. The fraction of sp³-hybridized carbons (Fsp3) is 0.417. The minimum absolute atomic E-state index is 0.0864. The third kappa shape index (κ3) is 5.13. The molecule has 0 N–H and O–H groups in total. The van der Waals surface area contributed by atoms with Crippen molar-refractivity contribution < 1.29 is 19.2 Å². The number of carbonyl (C=O) groups is 1. The van der Waals surface area contributed by atoms with Gasteiger partial charge >= 0.3 is 5.97 Å². The molecular formula is C12H14ClNO5. The van der Waals surface area contributed by atoms with E-state index in [1.165, 1.54) is 18.2 Å². The van der Waals surface area contributed by atoms with Gasteiger partial charge in [-0.3, -0.25) is 10.1 Å². The number of unbranched alkanes of at least 4 members (excludes halogenated alkanes) is 1. The molecular weight excluding hydrogens is 274 g/mol. The van der Waals surface area contributed by atoms with Crippen LogP contribution in [0.25, 0.3) is 0 Å². The Balaban J connectivity index is 2.54. The molecule has 19 heavy (non-hydrogen) atoms. The first kappa shape index (κ1) is 15.2. The number of nitro groups is 1. The Labute approximate surface area is 115 Å². The predicted octanol–water partition coefficient (Wildman–Crippen LogP) is 2.97. The number of nitro benzene ring substituents is 1. The smallest absolute Gasteiger partial charge is 0.344 e. The quantitative estimate of drug-likeness (QED) is 0.333. The molecule has 0 bridgehead atoms. The molecule has 0 aromatic heterocycles. The number of hydrogen-bond acceptors (Lipinski definition) is 5. The van der Waals surface area contributed by atoms with Gasteiger partial charge in [0.15, 0.2) is 6.61 Å². The minimum Gasteiger partial charge on any atom is -0.480 e. The topological polar surface area (TPSA) is 78.7 Å². The Morgan fingerprint density at radius 2 is 2.21 bits per heavy atom. The first-order chi connectivity index (χ1) is 9.04. The molecule has 0 heterocycles. The van der Waals surface area contributed by atoms with Crippen molar-refractivity contribution in [2.75, 3.05) is 13.2 Å². The highest BCUT2D eigenvalue weighted by Crippen LogP contribution is 2.28. The van der Waals surface area contributed by atoms with E-state index in [9.17, 15) is 14.9 Å². The number of carbonyl (C=O) groups excluding carboxylic acids is 1. The summed E-state index contributed by atoms with van der Waals surface area (Å²) in [5.74, 6) is -0.445. The lowest BCUT2D eigenvalue weighted by Gasteiger charge is -2.07. The first-order valence-electron chi connectivity index (χ1n) is 5.77. The maximum absolute atomic E-state index is 11.3. The lowest BCUT2D eigenvalue weighted by atomic mass is 10.3. The van der Waals surface area contributed by atoms with Crippen molar-refractivity contribution in [3.63, 3.8) is 0 Å². The lowest BCUT2D eigenvalue weighted by molar-refractivity contribution is -0.384. The van der Waals surface area contributed by atoms with Gasteiger partial charge in [0.1, 0.15) is 5.75 Å². The molecule has 0 saturated carbocycles. The Bertz CT molecular complexity index is 463. The van der Waals surface area contributed by atoms with Gasteiger partial charge in [-0.15, -0.1) is 0 Å². The van der Waals surface area contributed by atoms with Crippen molar-refractivity contribution in [3.05, 3.63) is 33.3 Å². The fourth-order valence-corrected chi connectivity index (χ4v) is 1.40. The predicted molar refractivity (Wildman–Crippen MR) is 69.5 cm³/mol. The van der Waals surface area contributed by atoms with Gasteiger partial charge in [-0.05, 0) is 12.5 Å². The molecule has 0 spiro atoms. The van der Waals surface area contributed by atoms with Crippen LogP contribution >= 0.6 is 11.6 Å². The van der Waals surface area contributed by atoms with E-state index in [2.05, 4.69) is 0 Å². The van der Waals surface area contributed by atoms with Crippen LogP contribution in [0.5, 0.6) is 5.75 Å². The van der Waals surface area contributed by atoms with E-state index >= 15 is 0 Å². The molecule has 6 nitrogen and oxygen atoms in total. The number of rotatable bonds is 7. The highest BCUT2D eigenvalue weighted by Gasteiger charge is 2.12. The first-order valence-corrected chi connectivity index (χ1v) is 6.14. The Morgan fingerprint density at radius 1 is 1.47 bits per heavy atom. The highest BCUT2D eigenvalue weighted by atomic mass is 35.5. The van der Waals surface area contributed by atoms with Crippen LogP contribution in [0.3, 0.4) is 0 Å². The Kier molecular flexibility index (Phi) is 6.08. The normalized spacial score (nSPS) is 10.0. The van der Waals surface area contributed by atoms with Crippen molar-refractivity contribution in [1.82, 2.24) is 0 Å². The van der Waals surface area contributed by atoms with Crippen LogP contribution in [0.15, 0.2) is 18.2 Å². The maximum atomic E-state index is 11.3. The van der Waals surface area contributed by atoms with E-state index in [1.807, 2.05) is 6.92 Å². The van der Waals surface area contributed by atoms with E-state index < -0.39 is 10.9 Å².